The smallest absolute Gasteiger partial charge is 0.238 e. The predicted molar refractivity (Wildman–Crippen MR) is 229 cm³/mol. The highest BCUT2D eigenvalue weighted by Crippen LogP contribution is 2.41. The summed E-state index contributed by atoms with van der Waals surface area (Å²) in [6.07, 6.45) is 0. The van der Waals surface area contributed by atoms with Gasteiger partial charge in [0.1, 0.15) is 11.1 Å². The van der Waals surface area contributed by atoms with Crippen molar-refractivity contribution in [3.05, 3.63) is 194 Å². The molecule has 0 amide bonds. The maximum atomic E-state index is 6.65. The van der Waals surface area contributed by atoms with Crippen LogP contribution in [-0.2, 0) is 0 Å². The van der Waals surface area contributed by atoms with Gasteiger partial charge in [-0.3, -0.25) is 4.57 Å². The molecule has 0 fully saturated rings. The molecular weight excluding hydrogens is 685 g/mol. The van der Waals surface area contributed by atoms with Crippen molar-refractivity contribution in [2.75, 3.05) is 0 Å². The highest BCUT2D eigenvalue weighted by Gasteiger charge is 2.22. The van der Waals surface area contributed by atoms with Crippen molar-refractivity contribution in [2.45, 2.75) is 0 Å². The Morgan fingerprint density at radius 2 is 0.929 bits per heavy atom. The third kappa shape index (κ3) is 5.29. The predicted octanol–water partition coefficient (Wildman–Crippen LogP) is 13.2. The molecule has 0 aliphatic heterocycles. The summed E-state index contributed by atoms with van der Waals surface area (Å²) in [7, 11) is 0. The Labute approximate surface area is 322 Å². The Hall–Kier alpha value is -7.63. The Morgan fingerprint density at radius 1 is 0.357 bits per heavy atom. The normalized spacial score (nSPS) is 11.6. The van der Waals surface area contributed by atoms with Gasteiger partial charge in [-0.25, -0.2) is 4.98 Å². The van der Waals surface area contributed by atoms with Gasteiger partial charge in [0.2, 0.25) is 5.95 Å². The molecule has 0 N–H and O–H groups in total. The molecule has 5 nitrogen and oxygen atoms in total. The number of furan rings is 1. The van der Waals surface area contributed by atoms with Gasteiger partial charge in [0.05, 0.1) is 5.52 Å². The molecule has 0 atom stereocenters. The SMILES string of the molecule is c1ccc(-c2ccc(-c3cccc(-c4ccccc4-c4nc(-c5ccccc5)nc(-n5c6ccccc6c6ccc7c8ccccc8oc7c65)n4)c3)cc2)cc1. The zero-order valence-electron chi connectivity index (χ0n) is 30.2. The molecule has 11 aromatic rings. The van der Waals surface area contributed by atoms with E-state index in [9.17, 15) is 0 Å². The van der Waals surface area contributed by atoms with Crippen LogP contribution in [0.15, 0.2) is 199 Å². The minimum atomic E-state index is 0.523. The first-order valence-corrected chi connectivity index (χ1v) is 18.8. The molecule has 3 heterocycles. The molecule has 0 aliphatic carbocycles. The van der Waals surface area contributed by atoms with E-state index < -0.39 is 0 Å². The summed E-state index contributed by atoms with van der Waals surface area (Å²) in [5.74, 6) is 1.70. The summed E-state index contributed by atoms with van der Waals surface area (Å²) in [6.45, 7) is 0. The molecule has 56 heavy (non-hydrogen) atoms. The zero-order chi connectivity index (χ0) is 37.0. The molecule has 11 rings (SSSR count). The van der Waals surface area contributed by atoms with Gasteiger partial charge < -0.3 is 4.42 Å². The fourth-order valence-electron chi connectivity index (χ4n) is 8.02. The van der Waals surface area contributed by atoms with Crippen molar-refractivity contribution >= 4 is 43.7 Å². The van der Waals surface area contributed by atoms with Crippen molar-refractivity contribution < 1.29 is 4.42 Å². The molecule has 0 spiro atoms. The first-order valence-electron chi connectivity index (χ1n) is 18.8. The van der Waals surface area contributed by atoms with E-state index in [1.165, 1.54) is 11.1 Å². The highest BCUT2D eigenvalue weighted by atomic mass is 16.3. The summed E-state index contributed by atoms with van der Waals surface area (Å²) in [5.41, 5.74) is 12.2. The average Bonchev–Trinajstić information content (AvgIpc) is 3.83. The molecule has 262 valence electrons. The van der Waals surface area contributed by atoms with Gasteiger partial charge in [-0.1, -0.05) is 170 Å². The Kier molecular flexibility index (Phi) is 7.42. The van der Waals surface area contributed by atoms with Crippen LogP contribution in [0.1, 0.15) is 0 Å². The van der Waals surface area contributed by atoms with E-state index in [-0.39, 0.29) is 0 Å². The van der Waals surface area contributed by atoms with Crippen molar-refractivity contribution in [3.8, 4) is 62.1 Å². The molecule has 8 aromatic carbocycles. The first kappa shape index (κ1) is 31.9. The minimum Gasteiger partial charge on any atom is -0.454 e. The topological polar surface area (TPSA) is 56.7 Å². The van der Waals surface area contributed by atoms with E-state index in [4.69, 9.17) is 19.4 Å². The molecule has 3 aromatic heterocycles. The highest BCUT2D eigenvalue weighted by molar-refractivity contribution is 6.21. The van der Waals surface area contributed by atoms with Crippen molar-refractivity contribution in [3.63, 3.8) is 0 Å². The van der Waals surface area contributed by atoms with Crippen LogP contribution in [0.5, 0.6) is 0 Å². The first-order chi connectivity index (χ1) is 27.8. The number of hydrogen-bond donors (Lipinski definition) is 0. The second kappa shape index (κ2) is 13.0. The van der Waals surface area contributed by atoms with Gasteiger partial charge in [0.25, 0.3) is 0 Å². The van der Waals surface area contributed by atoms with Crippen LogP contribution in [-0.4, -0.2) is 19.5 Å². The largest absolute Gasteiger partial charge is 0.454 e. The van der Waals surface area contributed by atoms with Gasteiger partial charge in [-0.15, -0.1) is 0 Å². The number of fused-ring (bicyclic) bond motifs is 7. The Morgan fingerprint density at radius 3 is 1.73 bits per heavy atom. The minimum absolute atomic E-state index is 0.523. The Balaban J connectivity index is 1.11. The number of hydrogen-bond acceptors (Lipinski definition) is 4. The van der Waals surface area contributed by atoms with E-state index in [2.05, 4.69) is 150 Å². The van der Waals surface area contributed by atoms with Gasteiger partial charge in [-0.2, -0.15) is 9.97 Å². The fraction of sp³-hybridized carbons (Fsp3) is 0. The van der Waals surface area contributed by atoms with E-state index in [0.29, 0.717) is 17.6 Å². The standard InChI is InChI=1S/C51H32N4O/c1-3-14-33(15-4-1)34-26-28-35(29-27-34)37-18-13-19-38(32-37)39-20-7-8-23-44(39)50-52-49(36-16-5-2-6-17-36)53-51(54-50)55-45-24-11-9-21-40(45)42-30-31-43-41-22-10-12-25-46(41)56-48(43)47(42)55/h1-32H. The van der Waals surface area contributed by atoms with Crippen LogP contribution >= 0.6 is 0 Å². The maximum absolute atomic E-state index is 6.65. The van der Waals surface area contributed by atoms with Crippen LogP contribution in [0.25, 0.3) is 106 Å². The number of nitrogens with zero attached hydrogens (tertiary/aromatic N) is 4. The number of aromatic nitrogens is 4. The second-order valence-electron chi connectivity index (χ2n) is 14.0. The molecule has 0 unspecified atom stereocenters. The average molecular weight is 717 g/mol. The lowest BCUT2D eigenvalue weighted by atomic mass is 9.94. The molecule has 0 saturated heterocycles. The summed E-state index contributed by atoms with van der Waals surface area (Å²) in [6, 6.07) is 67.4. The molecule has 0 aliphatic rings. The van der Waals surface area contributed by atoms with Crippen molar-refractivity contribution in [1.82, 2.24) is 19.5 Å². The van der Waals surface area contributed by atoms with Crippen LogP contribution in [0.2, 0.25) is 0 Å². The molecule has 0 radical (unpaired) electrons. The third-order valence-electron chi connectivity index (χ3n) is 10.7. The van der Waals surface area contributed by atoms with Gasteiger partial charge in [0, 0.05) is 32.7 Å². The molecule has 0 saturated carbocycles. The summed E-state index contributed by atoms with van der Waals surface area (Å²) >= 11 is 0. The lowest BCUT2D eigenvalue weighted by Crippen LogP contribution is -2.07. The monoisotopic (exact) mass is 716 g/mol. The van der Waals surface area contributed by atoms with E-state index in [1.807, 2.05) is 48.5 Å². The lowest BCUT2D eigenvalue weighted by Gasteiger charge is -2.14. The summed E-state index contributed by atoms with van der Waals surface area (Å²) < 4.78 is 8.80. The molecule has 0 bridgehead atoms. The third-order valence-corrected chi connectivity index (χ3v) is 10.7. The zero-order valence-corrected chi connectivity index (χ0v) is 30.2. The van der Waals surface area contributed by atoms with Crippen molar-refractivity contribution in [1.29, 1.82) is 0 Å². The van der Waals surface area contributed by atoms with Crippen molar-refractivity contribution in [2.24, 2.45) is 0 Å². The quantitative estimate of drug-likeness (QED) is 0.172. The molecular formula is C51H32N4O. The van der Waals surface area contributed by atoms with Gasteiger partial charge in [-0.05, 0) is 57.6 Å². The maximum Gasteiger partial charge on any atom is 0.238 e. The number of benzene rings is 8. The van der Waals surface area contributed by atoms with Crippen LogP contribution in [0, 0.1) is 0 Å². The summed E-state index contributed by atoms with van der Waals surface area (Å²) in [5, 5.41) is 4.30. The van der Waals surface area contributed by atoms with E-state index in [0.717, 1.165) is 77.1 Å². The summed E-state index contributed by atoms with van der Waals surface area (Å²) in [4.78, 5) is 15.7. The number of para-hydroxylation sites is 2. The van der Waals surface area contributed by atoms with Crippen LogP contribution in [0.4, 0.5) is 0 Å². The van der Waals surface area contributed by atoms with Gasteiger partial charge >= 0.3 is 0 Å². The van der Waals surface area contributed by atoms with E-state index >= 15 is 0 Å². The van der Waals surface area contributed by atoms with Crippen LogP contribution in [0.3, 0.4) is 0 Å². The Bertz CT molecular complexity index is 3240. The van der Waals surface area contributed by atoms with E-state index in [1.54, 1.807) is 0 Å². The fourth-order valence-corrected chi connectivity index (χ4v) is 8.02. The second-order valence-corrected chi connectivity index (χ2v) is 14.0. The van der Waals surface area contributed by atoms with Crippen LogP contribution < -0.4 is 0 Å². The number of rotatable bonds is 6. The molecule has 5 heteroatoms. The lowest BCUT2D eigenvalue weighted by molar-refractivity contribution is 0.670. The van der Waals surface area contributed by atoms with Gasteiger partial charge in [0.15, 0.2) is 17.2 Å².